The number of aromatic nitrogens is 1. The smallest absolute Gasteiger partial charge is 0.250 e. The van der Waals surface area contributed by atoms with E-state index in [-0.39, 0.29) is 5.92 Å². The van der Waals surface area contributed by atoms with Crippen molar-refractivity contribution in [2.24, 2.45) is 5.73 Å². The standard InChI is InChI=1S/C16H24N4O2/c1-11(2)19-5-7-20(8-6-19)14-4-3-12(10-18-14)13-9-16(13,22)15(17)21/h3-4,10-11,13,22H,5-9H2,1-2H3,(H2,17,21). The molecule has 3 N–H and O–H groups in total. The second-order valence-electron chi connectivity index (χ2n) is 6.61. The predicted octanol–water partition coefficient (Wildman–Crippen LogP) is 0.316. The van der Waals surface area contributed by atoms with Crippen LogP contribution in [-0.4, -0.2) is 58.7 Å². The van der Waals surface area contributed by atoms with Crippen LogP contribution >= 0.6 is 0 Å². The first-order valence-electron chi connectivity index (χ1n) is 7.89. The molecule has 1 aromatic heterocycles. The largest absolute Gasteiger partial charge is 0.379 e. The summed E-state index contributed by atoms with van der Waals surface area (Å²) >= 11 is 0. The van der Waals surface area contributed by atoms with Gasteiger partial charge < -0.3 is 15.7 Å². The quantitative estimate of drug-likeness (QED) is 0.837. The second-order valence-corrected chi connectivity index (χ2v) is 6.61. The van der Waals surface area contributed by atoms with Crippen LogP contribution in [0.2, 0.25) is 0 Å². The lowest BCUT2D eigenvalue weighted by Gasteiger charge is -2.37. The zero-order chi connectivity index (χ0) is 15.9. The van der Waals surface area contributed by atoms with Gasteiger partial charge in [0.05, 0.1) is 0 Å². The summed E-state index contributed by atoms with van der Waals surface area (Å²) in [6.07, 6.45) is 2.16. The number of aliphatic hydroxyl groups is 1. The van der Waals surface area contributed by atoms with E-state index in [1.165, 1.54) is 0 Å². The number of nitrogens with zero attached hydrogens (tertiary/aromatic N) is 3. The molecule has 2 heterocycles. The summed E-state index contributed by atoms with van der Waals surface area (Å²) in [5, 5.41) is 10.0. The summed E-state index contributed by atoms with van der Waals surface area (Å²) in [5.74, 6) is 0.103. The van der Waals surface area contributed by atoms with Gasteiger partial charge in [0, 0.05) is 44.3 Å². The number of rotatable bonds is 4. The molecule has 6 heteroatoms. The molecule has 0 aromatic carbocycles. The fourth-order valence-corrected chi connectivity index (χ4v) is 3.18. The van der Waals surface area contributed by atoms with Gasteiger partial charge in [0.15, 0.2) is 5.60 Å². The van der Waals surface area contributed by atoms with Crippen molar-refractivity contribution in [3.05, 3.63) is 23.9 Å². The van der Waals surface area contributed by atoms with Crippen LogP contribution < -0.4 is 10.6 Å². The zero-order valence-corrected chi connectivity index (χ0v) is 13.2. The van der Waals surface area contributed by atoms with Crippen molar-refractivity contribution < 1.29 is 9.90 Å². The SMILES string of the molecule is CC(C)N1CCN(c2ccc(C3CC3(O)C(N)=O)cn2)CC1. The van der Waals surface area contributed by atoms with E-state index in [0.717, 1.165) is 37.6 Å². The number of carbonyl (C=O) groups is 1. The minimum atomic E-state index is -1.37. The van der Waals surface area contributed by atoms with Crippen molar-refractivity contribution in [1.82, 2.24) is 9.88 Å². The minimum Gasteiger partial charge on any atom is -0.379 e. The summed E-state index contributed by atoms with van der Waals surface area (Å²) < 4.78 is 0. The molecule has 1 saturated carbocycles. The molecule has 2 aliphatic rings. The monoisotopic (exact) mass is 304 g/mol. The molecule has 6 nitrogen and oxygen atoms in total. The van der Waals surface area contributed by atoms with E-state index in [2.05, 4.69) is 28.6 Å². The van der Waals surface area contributed by atoms with Gasteiger partial charge in [-0.05, 0) is 31.9 Å². The molecule has 2 fully saturated rings. The Kier molecular flexibility index (Phi) is 3.82. The lowest BCUT2D eigenvalue weighted by molar-refractivity contribution is -0.128. The Morgan fingerprint density at radius 3 is 2.50 bits per heavy atom. The van der Waals surface area contributed by atoms with Crippen molar-refractivity contribution in [2.75, 3.05) is 31.1 Å². The van der Waals surface area contributed by atoms with Crippen molar-refractivity contribution in [2.45, 2.75) is 37.8 Å². The third-order valence-corrected chi connectivity index (χ3v) is 4.90. The summed E-state index contributed by atoms with van der Waals surface area (Å²) in [5.41, 5.74) is 4.73. The maximum absolute atomic E-state index is 11.2. The first kappa shape index (κ1) is 15.2. The highest BCUT2D eigenvalue weighted by atomic mass is 16.3. The van der Waals surface area contributed by atoms with Gasteiger partial charge in [-0.2, -0.15) is 0 Å². The van der Waals surface area contributed by atoms with E-state index in [1.54, 1.807) is 6.20 Å². The average Bonchev–Trinajstić information content (AvgIpc) is 3.21. The molecule has 1 aliphatic heterocycles. The summed E-state index contributed by atoms with van der Waals surface area (Å²) in [6, 6.07) is 4.50. The lowest BCUT2D eigenvalue weighted by atomic mass is 10.1. The molecule has 2 atom stereocenters. The van der Waals surface area contributed by atoms with Crippen LogP contribution in [0.4, 0.5) is 5.82 Å². The van der Waals surface area contributed by atoms with Gasteiger partial charge in [-0.3, -0.25) is 9.69 Å². The van der Waals surface area contributed by atoms with Gasteiger partial charge >= 0.3 is 0 Å². The van der Waals surface area contributed by atoms with E-state index < -0.39 is 11.5 Å². The minimum absolute atomic E-state index is 0.204. The van der Waals surface area contributed by atoms with E-state index in [9.17, 15) is 9.90 Å². The molecule has 1 aromatic rings. The summed E-state index contributed by atoms with van der Waals surface area (Å²) in [6.45, 7) is 8.48. The van der Waals surface area contributed by atoms with Crippen LogP contribution in [0.5, 0.6) is 0 Å². The maximum Gasteiger partial charge on any atom is 0.250 e. The first-order valence-corrected chi connectivity index (χ1v) is 7.89. The van der Waals surface area contributed by atoms with Crippen LogP contribution in [0.3, 0.4) is 0 Å². The molecule has 22 heavy (non-hydrogen) atoms. The Morgan fingerprint density at radius 2 is 2.05 bits per heavy atom. The highest BCUT2D eigenvalue weighted by Gasteiger charge is 2.58. The van der Waals surface area contributed by atoms with Crippen molar-refractivity contribution in [3.63, 3.8) is 0 Å². The van der Waals surface area contributed by atoms with Gasteiger partial charge in [-0.25, -0.2) is 4.98 Å². The number of hydrogen-bond acceptors (Lipinski definition) is 5. The van der Waals surface area contributed by atoms with Crippen molar-refractivity contribution in [3.8, 4) is 0 Å². The molecule has 0 spiro atoms. The molecule has 1 saturated heterocycles. The van der Waals surface area contributed by atoms with Gasteiger partial charge in [-0.1, -0.05) is 6.07 Å². The Balaban J connectivity index is 1.63. The third kappa shape index (κ3) is 2.68. The normalized spacial score (nSPS) is 28.9. The summed E-state index contributed by atoms with van der Waals surface area (Å²) in [4.78, 5) is 20.4. The van der Waals surface area contributed by atoms with E-state index in [1.807, 2.05) is 12.1 Å². The van der Waals surface area contributed by atoms with Gasteiger partial charge in [0.1, 0.15) is 5.82 Å². The molecule has 1 amide bonds. The molecule has 1 aliphatic carbocycles. The maximum atomic E-state index is 11.2. The Hall–Kier alpha value is -1.66. The molecular formula is C16H24N4O2. The molecular weight excluding hydrogens is 280 g/mol. The summed E-state index contributed by atoms with van der Waals surface area (Å²) in [7, 11) is 0. The number of amides is 1. The van der Waals surface area contributed by atoms with E-state index >= 15 is 0 Å². The Labute approximate surface area is 130 Å². The van der Waals surface area contributed by atoms with E-state index in [0.29, 0.717) is 12.5 Å². The predicted molar refractivity (Wildman–Crippen MR) is 84.7 cm³/mol. The van der Waals surface area contributed by atoms with Crippen LogP contribution in [0, 0.1) is 0 Å². The van der Waals surface area contributed by atoms with E-state index in [4.69, 9.17) is 5.73 Å². The average molecular weight is 304 g/mol. The number of anilines is 1. The van der Waals surface area contributed by atoms with Gasteiger partial charge in [0.25, 0.3) is 0 Å². The Morgan fingerprint density at radius 1 is 1.36 bits per heavy atom. The van der Waals surface area contributed by atoms with Crippen molar-refractivity contribution in [1.29, 1.82) is 0 Å². The number of primary amides is 1. The van der Waals surface area contributed by atoms with Crippen LogP contribution in [0.25, 0.3) is 0 Å². The third-order valence-electron chi connectivity index (χ3n) is 4.90. The zero-order valence-electron chi connectivity index (χ0n) is 13.2. The molecule has 0 radical (unpaired) electrons. The molecule has 0 bridgehead atoms. The number of hydrogen-bond donors (Lipinski definition) is 2. The number of piperazine rings is 1. The highest BCUT2D eigenvalue weighted by molar-refractivity contribution is 5.88. The Bertz CT molecular complexity index is 552. The molecule has 3 rings (SSSR count). The number of carbonyl (C=O) groups excluding carboxylic acids is 1. The fraction of sp³-hybridized carbons (Fsp3) is 0.625. The molecule has 120 valence electrons. The molecule has 2 unspecified atom stereocenters. The second kappa shape index (κ2) is 5.52. The van der Waals surface area contributed by atoms with Crippen LogP contribution in [0.1, 0.15) is 31.7 Å². The van der Waals surface area contributed by atoms with Crippen LogP contribution in [-0.2, 0) is 4.79 Å². The number of nitrogens with two attached hydrogens (primary N) is 1. The highest BCUT2D eigenvalue weighted by Crippen LogP contribution is 2.51. The van der Waals surface area contributed by atoms with Gasteiger partial charge in [0.2, 0.25) is 5.91 Å². The van der Waals surface area contributed by atoms with Crippen molar-refractivity contribution >= 4 is 11.7 Å². The first-order chi connectivity index (χ1) is 10.4. The fourth-order valence-electron chi connectivity index (χ4n) is 3.18. The number of pyridine rings is 1. The lowest BCUT2D eigenvalue weighted by Crippen LogP contribution is -2.49. The van der Waals surface area contributed by atoms with Gasteiger partial charge in [-0.15, -0.1) is 0 Å². The van der Waals surface area contributed by atoms with Crippen LogP contribution in [0.15, 0.2) is 18.3 Å². The topological polar surface area (TPSA) is 82.7 Å².